The lowest BCUT2D eigenvalue weighted by Gasteiger charge is -2.36. The first kappa shape index (κ1) is 19.8. The summed E-state index contributed by atoms with van der Waals surface area (Å²) in [6, 6.07) is 10.00. The number of halogens is 2. The van der Waals surface area contributed by atoms with Gasteiger partial charge in [0, 0.05) is 43.9 Å². The number of nitrogens with zero attached hydrogens (tertiary/aromatic N) is 5. The van der Waals surface area contributed by atoms with E-state index in [2.05, 4.69) is 32.0 Å². The highest BCUT2D eigenvalue weighted by Crippen LogP contribution is 2.19. The highest BCUT2D eigenvalue weighted by Gasteiger charge is 2.18. The minimum absolute atomic E-state index is 0. The number of aryl methyl sites for hydroxylation is 2. The van der Waals surface area contributed by atoms with Crippen molar-refractivity contribution in [2.75, 3.05) is 31.1 Å². The molecule has 25 heavy (non-hydrogen) atoms. The van der Waals surface area contributed by atoms with Gasteiger partial charge in [0.25, 0.3) is 0 Å². The average molecular weight is 475 g/mol. The fraction of sp³-hybridized carbons (Fsp3) is 0.412. The van der Waals surface area contributed by atoms with Gasteiger partial charge in [-0.15, -0.1) is 24.0 Å². The molecule has 0 bridgehead atoms. The van der Waals surface area contributed by atoms with Crippen LogP contribution in [0.3, 0.4) is 0 Å². The topological polar surface area (TPSA) is 62.7 Å². The zero-order chi connectivity index (χ0) is 17.1. The van der Waals surface area contributed by atoms with Gasteiger partial charge in [-0.3, -0.25) is 4.68 Å². The lowest BCUT2D eigenvalue weighted by atomic mass is 10.2. The Morgan fingerprint density at radius 3 is 2.40 bits per heavy atom. The normalized spacial score (nSPS) is 15.2. The Labute approximate surface area is 170 Å². The first-order valence-electron chi connectivity index (χ1n) is 8.08. The van der Waals surface area contributed by atoms with Gasteiger partial charge in [-0.25, -0.2) is 4.99 Å². The highest BCUT2D eigenvalue weighted by atomic mass is 127. The van der Waals surface area contributed by atoms with Crippen molar-refractivity contribution in [3.63, 3.8) is 0 Å². The molecular formula is C17H24ClIN6. The molecule has 1 aliphatic rings. The smallest absolute Gasteiger partial charge is 0.191 e. The second-order valence-electron chi connectivity index (χ2n) is 6.03. The molecule has 0 unspecified atom stereocenters. The van der Waals surface area contributed by atoms with E-state index in [1.54, 1.807) is 0 Å². The second-order valence-corrected chi connectivity index (χ2v) is 6.46. The Morgan fingerprint density at radius 2 is 1.84 bits per heavy atom. The van der Waals surface area contributed by atoms with Crippen LogP contribution >= 0.6 is 35.6 Å². The molecule has 1 aromatic carbocycles. The van der Waals surface area contributed by atoms with Crippen LogP contribution in [0.2, 0.25) is 5.02 Å². The van der Waals surface area contributed by atoms with Crippen LogP contribution in [0.25, 0.3) is 0 Å². The number of benzene rings is 1. The maximum Gasteiger partial charge on any atom is 0.191 e. The molecule has 0 radical (unpaired) electrons. The Bertz CT molecular complexity index is 719. The van der Waals surface area contributed by atoms with E-state index < -0.39 is 0 Å². The average Bonchev–Trinajstić information content (AvgIpc) is 2.91. The number of hydrogen-bond acceptors (Lipinski definition) is 3. The van der Waals surface area contributed by atoms with E-state index in [0.717, 1.165) is 42.6 Å². The molecule has 0 atom stereocenters. The van der Waals surface area contributed by atoms with Gasteiger partial charge in [-0.1, -0.05) is 11.6 Å². The molecule has 8 heteroatoms. The van der Waals surface area contributed by atoms with Crippen molar-refractivity contribution in [3.8, 4) is 0 Å². The van der Waals surface area contributed by atoms with Gasteiger partial charge in [-0.2, -0.15) is 5.10 Å². The van der Waals surface area contributed by atoms with Crippen molar-refractivity contribution < 1.29 is 0 Å². The number of guanidine groups is 1. The molecule has 0 aliphatic carbocycles. The van der Waals surface area contributed by atoms with Crippen molar-refractivity contribution in [1.82, 2.24) is 14.7 Å². The first-order chi connectivity index (χ1) is 11.5. The first-order valence-corrected chi connectivity index (χ1v) is 8.45. The molecular weight excluding hydrogens is 451 g/mol. The molecule has 0 spiro atoms. The summed E-state index contributed by atoms with van der Waals surface area (Å²) < 4.78 is 1.85. The van der Waals surface area contributed by atoms with Crippen LogP contribution in [0, 0.1) is 6.92 Å². The molecule has 0 amide bonds. The molecule has 1 aromatic heterocycles. The minimum Gasteiger partial charge on any atom is -0.370 e. The fourth-order valence-electron chi connectivity index (χ4n) is 2.92. The van der Waals surface area contributed by atoms with Gasteiger partial charge >= 0.3 is 0 Å². The van der Waals surface area contributed by atoms with E-state index in [0.29, 0.717) is 12.5 Å². The van der Waals surface area contributed by atoms with Gasteiger partial charge in [0.15, 0.2) is 5.96 Å². The molecule has 2 N–H and O–H groups in total. The quantitative estimate of drug-likeness (QED) is 0.422. The lowest BCUT2D eigenvalue weighted by Crippen LogP contribution is -2.51. The third-order valence-corrected chi connectivity index (χ3v) is 4.55. The van der Waals surface area contributed by atoms with E-state index >= 15 is 0 Å². The summed E-state index contributed by atoms with van der Waals surface area (Å²) in [7, 11) is 1.93. The number of rotatable bonds is 3. The van der Waals surface area contributed by atoms with E-state index in [1.165, 1.54) is 5.69 Å². The molecule has 0 saturated carbocycles. The van der Waals surface area contributed by atoms with Crippen molar-refractivity contribution in [2.24, 2.45) is 17.8 Å². The number of nitrogens with two attached hydrogens (primary N) is 1. The van der Waals surface area contributed by atoms with E-state index in [9.17, 15) is 0 Å². The Hall–Kier alpha value is -1.48. The van der Waals surface area contributed by atoms with E-state index in [1.807, 2.05) is 36.9 Å². The third kappa shape index (κ3) is 5.01. The molecule has 1 fully saturated rings. The Morgan fingerprint density at radius 1 is 1.20 bits per heavy atom. The van der Waals surface area contributed by atoms with Crippen molar-refractivity contribution in [3.05, 3.63) is 46.7 Å². The van der Waals surface area contributed by atoms with Crippen LogP contribution in [-0.4, -0.2) is 46.8 Å². The molecule has 1 aliphatic heterocycles. The maximum absolute atomic E-state index is 6.17. The summed E-state index contributed by atoms with van der Waals surface area (Å²) in [5.74, 6) is 0.601. The summed E-state index contributed by atoms with van der Waals surface area (Å²) in [6.45, 7) is 6.10. The molecule has 136 valence electrons. The summed E-state index contributed by atoms with van der Waals surface area (Å²) in [5.41, 5.74) is 9.42. The van der Waals surface area contributed by atoms with Crippen LogP contribution in [0.5, 0.6) is 0 Å². The van der Waals surface area contributed by atoms with Crippen molar-refractivity contribution in [2.45, 2.75) is 13.5 Å². The lowest BCUT2D eigenvalue weighted by molar-refractivity contribution is 0.380. The molecule has 2 heterocycles. The molecule has 6 nitrogen and oxygen atoms in total. The second kappa shape index (κ2) is 8.75. The maximum atomic E-state index is 6.17. The van der Waals surface area contributed by atoms with Crippen LogP contribution < -0.4 is 10.6 Å². The number of aliphatic imine (C=N–C) groups is 1. The van der Waals surface area contributed by atoms with E-state index in [4.69, 9.17) is 17.3 Å². The van der Waals surface area contributed by atoms with Crippen LogP contribution in [0.1, 0.15) is 11.4 Å². The van der Waals surface area contributed by atoms with Crippen LogP contribution in [-0.2, 0) is 13.6 Å². The Kier molecular flexibility index (Phi) is 6.95. The summed E-state index contributed by atoms with van der Waals surface area (Å²) >= 11 is 5.95. The predicted molar refractivity (Wildman–Crippen MR) is 114 cm³/mol. The standard InChI is InChI=1S/C17H23ClN6.HI/c1-13-11-16(22(2)21-13)12-20-17(19)24-9-7-23(8-10-24)15-5-3-14(18)4-6-15;/h3-6,11H,7-10,12H2,1-2H3,(H2,19,20);1H. The van der Waals surface area contributed by atoms with Crippen molar-refractivity contribution >= 4 is 47.2 Å². The fourth-order valence-corrected chi connectivity index (χ4v) is 3.05. The summed E-state index contributed by atoms with van der Waals surface area (Å²) in [5, 5.41) is 5.09. The third-order valence-electron chi connectivity index (χ3n) is 4.30. The summed E-state index contributed by atoms with van der Waals surface area (Å²) in [6.07, 6.45) is 0. The van der Waals surface area contributed by atoms with Crippen molar-refractivity contribution in [1.29, 1.82) is 0 Å². The van der Waals surface area contributed by atoms with Crippen LogP contribution in [0.15, 0.2) is 35.3 Å². The zero-order valence-electron chi connectivity index (χ0n) is 14.5. The molecule has 3 rings (SSSR count). The van der Waals surface area contributed by atoms with Gasteiger partial charge in [0.05, 0.1) is 17.9 Å². The monoisotopic (exact) mass is 474 g/mol. The minimum atomic E-state index is 0. The summed E-state index contributed by atoms with van der Waals surface area (Å²) in [4.78, 5) is 9.00. The molecule has 1 saturated heterocycles. The van der Waals surface area contributed by atoms with Gasteiger partial charge in [-0.05, 0) is 37.3 Å². The van der Waals surface area contributed by atoms with Crippen LogP contribution in [0.4, 0.5) is 5.69 Å². The predicted octanol–water partition coefficient (Wildman–Crippen LogP) is 2.64. The van der Waals surface area contributed by atoms with E-state index in [-0.39, 0.29) is 24.0 Å². The number of anilines is 1. The zero-order valence-corrected chi connectivity index (χ0v) is 17.6. The number of aromatic nitrogens is 2. The molecule has 2 aromatic rings. The highest BCUT2D eigenvalue weighted by molar-refractivity contribution is 14.0. The number of hydrogen-bond donors (Lipinski definition) is 1. The van der Waals surface area contributed by atoms with Gasteiger partial charge in [0.2, 0.25) is 0 Å². The van der Waals surface area contributed by atoms with Gasteiger partial charge in [0.1, 0.15) is 0 Å². The largest absolute Gasteiger partial charge is 0.370 e. The van der Waals surface area contributed by atoms with Gasteiger partial charge < -0.3 is 15.5 Å². The number of piperazine rings is 1. The Balaban J connectivity index is 0.00000225. The SMILES string of the molecule is Cc1cc(CN=C(N)N2CCN(c3ccc(Cl)cc3)CC2)n(C)n1.I.